The van der Waals surface area contributed by atoms with Gasteiger partial charge in [-0.3, -0.25) is 57.7 Å². The molecule has 2 aliphatic heterocycles. The molecule has 0 unspecified atom stereocenters. The molecule has 2 atom stereocenters. The molecule has 298 valence electrons. The molecule has 0 aromatic heterocycles. The first-order valence-corrected chi connectivity index (χ1v) is 17.8. The average Bonchev–Trinajstić information content (AvgIpc) is 3.55. The van der Waals surface area contributed by atoms with Gasteiger partial charge in [0.05, 0.1) is 0 Å². The Labute approximate surface area is 314 Å². The second-order valence-corrected chi connectivity index (χ2v) is 14.6. The van der Waals surface area contributed by atoms with Gasteiger partial charge in [0.25, 0.3) is 23.6 Å². The van der Waals surface area contributed by atoms with Crippen LogP contribution in [0, 0.1) is 0 Å². The summed E-state index contributed by atoms with van der Waals surface area (Å²) in [6, 6.07) is -3.40. The number of esters is 2. The number of nitrogens with one attached hydrogen (secondary N) is 4. The molecule has 0 saturated heterocycles. The summed E-state index contributed by atoms with van der Waals surface area (Å²) in [4.78, 5) is 127. The summed E-state index contributed by atoms with van der Waals surface area (Å²) in [5, 5.41) is 10.1. The van der Waals surface area contributed by atoms with E-state index in [2.05, 4.69) is 21.3 Å². The molecule has 0 fully saturated rings. The van der Waals surface area contributed by atoms with E-state index in [1.165, 1.54) is 0 Å². The van der Waals surface area contributed by atoms with Crippen LogP contribution in [0.15, 0.2) is 24.3 Å². The lowest BCUT2D eigenvalue weighted by Gasteiger charge is -2.28. The van der Waals surface area contributed by atoms with E-state index in [0.717, 1.165) is 34.1 Å². The second kappa shape index (κ2) is 20.7. The number of imide groups is 2. The lowest BCUT2D eigenvalue weighted by Crippen LogP contribution is -2.63. The van der Waals surface area contributed by atoms with Gasteiger partial charge in [0.2, 0.25) is 23.6 Å². The van der Waals surface area contributed by atoms with Gasteiger partial charge in [-0.05, 0) is 67.2 Å². The number of ether oxygens (including phenoxy) is 2. The quantitative estimate of drug-likeness (QED) is 0.0678. The molecule has 0 aromatic carbocycles. The van der Waals surface area contributed by atoms with Gasteiger partial charge in [-0.25, -0.2) is 0 Å². The van der Waals surface area contributed by atoms with Crippen LogP contribution >= 0.6 is 0 Å². The van der Waals surface area contributed by atoms with Gasteiger partial charge < -0.3 is 30.7 Å². The van der Waals surface area contributed by atoms with Crippen molar-refractivity contribution in [3.8, 4) is 0 Å². The normalized spacial score (nSPS) is 15.2. The molecule has 54 heavy (non-hydrogen) atoms. The minimum absolute atomic E-state index is 0.0197. The molecule has 0 saturated carbocycles. The van der Waals surface area contributed by atoms with E-state index in [1.807, 2.05) is 0 Å². The highest BCUT2D eigenvalue weighted by atomic mass is 16.6. The van der Waals surface area contributed by atoms with E-state index < -0.39 is 82.5 Å². The lowest BCUT2D eigenvalue weighted by atomic mass is 10.0. The van der Waals surface area contributed by atoms with Gasteiger partial charge in [-0.15, -0.1) is 0 Å². The zero-order valence-corrected chi connectivity index (χ0v) is 31.7. The number of carbonyl (C=O) groups is 10. The number of hydrogen-bond acceptors (Lipinski definition) is 12. The van der Waals surface area contributed by atoms with E-state index in [1.54, 1.807) is 41.5 Å². The predicted octanol–water partition coefficient (Wildman–Crippen LogP) is -0.157. The largest absolute Gasteiger partial charge is 0.460 e. The van der Waals surface area contributed by atoms with E-state index in [9.17, 15) is 47.9 Å². The van der Waals surface area contributed by atoms with Gasteiger partial charge in [0, 0.05) is 76.2 Å². The molecule has 8 amide bonds. The van der Waals surface area contributed by atoms with Crippen LogP contribution in [0.25, 0.3) is 0 Å². The number of nitrogens with zero attached hydrogens (tertiary/aromatic N) is 2. The van der Waals surface area contributed by atoms with E-state index in [0.29, 0.717) is 0 Å². The van der Waals surface area contributed by atoms with Crippen molar-refractivity contribution in [3.05, 3.63) is 24.3 Å². The zero-order valence-electron chi connectivity index (χ0n) is 31.7. The summed E-state index contributed by atoms with van der Waals surface area (Å²) >= 11 is 0. The molecule has 2 heterocycles. The van der Waals surface area contributed by atoms with Crippen molar-refractivity contribution in [2.24, 2.45) is 0 Å². The van der Waals surface area contributed by atoms with Crippen molar-refractivity contribution >= 4 is 59.2 Å². The van der Waals surface area contributed by atoms with Crippen LogP contribution in [0.5, 0.6) is 0 Å². The molecule has 0 bridgehead atoms. The van der Waals surface area contributed by atoms with E-state index in [4.69, 9.17) is 9.47 Å². The van der Waals surface area contributed by atoms with Crippen molar-refractivity contribution in [2.75, 3.05) is 26.2 Å². The van der Waals surface area contributed by atoms with Crippen LogP contribution in [-0.2, 0) is 57.4 Å². The van der Waals surface area contributed by atoms with Crippen LogP contribution in [0.2, 0.25) is 0 Å². The fourth-order valence-corrected chi connectivity index (χ4v) is 5.08. The first-order valence-electron chi connectivity index (χ1n) is 17.8. The summed E-state index contributed by atoms with van der Waals surface area (Å²) in [6.07, 6.45) is 4.08. The maximum atomic E-state index is 13.6. The Morgan fingerprint density at radius 3 is 1.15 bits per heavy atom. The van der Waals surface area contributed by atoms with Gasteiger partial charge in [-0.1, -0.05) is 0 Å². The van der Waals surface area contributed by atoms with Crippen LogP contribution in [0.1, 0.15) is 92.9 Å². The molecule has 4 N–H and O–H groups in total. The maximum absolute atomic E-state index is 13.6. The van der Waals surface area contributed by atoms with Crippen molar-refractivity contribution in [3.63, 3.8) is 0 Å². The van der Waals surface area contributed by atoms with E-state index >= 15 is 0 Å². The van der Waals surface area contributed by atoms with Crippen LogP contribution in [0.4, 0.5) is 0 Å². The summed E-state index contributed by atoms with van der Waals surface area (Å²) in [6.45, 7) is 9.92. The highest BCUT2D eigenvalue weighted by molar-refractivity contribution is 6.13. The standard InChI is InChI=1S/C36H52N6O12/c1-35(2,3)53-29(49)13-7-19-37-33(51)31(39-23(43)11-9-21-41-25(45)15-16-26(41)46)32(34(52)38-20-8-14-30(50)54-36(4,5)6)40-24(44)12-10-22-42-27(47)17-18-28(42)48/h15-18,31-32H,7-14,19-22H2,1-6H3,(H,37,51)(H,38,52)(H,39,43)(H,40,44)/t31-,32+. The van der Waals surface area contributed by atoms with E-state index in [-0.39, 0.29) is 77.5 Å². The van der Waals surface area contributed by atoms with Crippen LogP contribution in [0.3, 0.4) is 0 Å². The van der Waals surface area contributed by atoms with Gasteiger partial charge in [0.1, 0.15) is 23.3 Å². The maximum Gasteiger partial charge on any atom is 0.306 e. The molecule has 2 rings (SSSR count). The number of rotatable bonds is 21. The highest BCUT2D eigenvalue weighted by Gasteiger charge is 2.36. The summed E-state index contributed by atoms with van der Waals surface area (Å²) in [5.41, 5.74) is -1.44. The minimum Gasteiger partial charge on any atom is -0.460 e. The Balaban J connectivity index is 2.21. The van der Waals surface area contributed by atoms with Crippen LogP contribution in [-0.4, -0.2) is 118 Å². The van der Waals surface area contributed by atoms with Gasteiger partial charge in [-0.2, -0.15) is 0 Å². The number of hydrogen-bond donors (Lipinski definition) is 4. The Hall–Kier alpha value is -5.42. The fraction of sp³-hybridized carbons (Fsp3) is 0.611. The third-order valence-electron chi connectivity index (χ3n) is 7.46. The summed E-state index contributed by atoms with van der Waals surface area (Å²) < 4.78 is 10.6. The predicted molar refractivity (Wildman–Crippen MR) is 190 cm³/mol. The van der Waals surface area contributed by atoms with Crippen molar-refractivity contribution in [2.45, 2.75) is 116 Å². The lowest BCUT2D eigenvalue weighted by molar-refractivity contribution is -0.156. The molecule has 0 aliphatic carbocycles. The highest BCUT2D eigenvalue weighted by Crippen LogP contribution is 2.11. The summed E-state index contributed by atoms with van der Waals surface area (Å²) in [5.74, 6) is -6.40. The first-order chi connectivity index (χ1) is 25.2. The molecule has 2 aliphatic rings. The van der Waals surface area contributed by atoms with Gasteiger partial charge in [0.15, 0.2) is 0 Å². The Morgan fingerprint density at radius 1 is 0.537 bits per heavy atom. The van der Waals surface area contributed by atoms with Crippen molar-refractivity contribution in [1.29, 1.82) is 0 Å². The molecule has 0 aromatic rings. The Bertz CT molecular complexity index is 1380. The first kappa shape index (κ1) is 44.7. The van der Waals surface area contributed by atoms with Crippen LogP contribution < -0.4 is 21.3 Å². The Morgan fingerprint density at radius 2 is 0.852 bits per heavy atom. The Kier molecular flexibility index (Phi) is 17.2. The summed E-state index contributed by atoms with van der Waals surface area (Å²) in [7, 11) is 0. The third kappa shape index (κ3) is 16.5. The average molecular weight is 761 g/mol. The molecule has 18 heteroatoms. The van der Waals surface area contributed by atoms with Crippen molar-refractivity contribution in [1.82, 2.24) is 31.1 Å². The topological polar surface area (TPSA) is 244 Å². The molecular weight excluding hydrogens is 708 g/mol. The molecule has 18 nitrogen and oxygen atoms in total. The van der Waals surface area contributed by atoms with Crippen molar-refractivity contribution < 1.29 is 57.4 Å². The SMILES string of the molecule is CC(C)(C)OC(=O)CCCNC(=O)[C@@H](NC(=O)CCCN1C(=O)C=CC1=O)[C@@H](NC(=O)CCCN1C(=O)C=CC1=O)C(=O)NCCCC(=O)OC(C)(C)C. The number of amides is 8. The third-order valence-corrected chi connectivity index (χ3v) is 7.46. The molecular formula is C36H52N6O12. The number of carbonyl (C=O) groups excluding carboxylic acids is 10. The monoisotopic (exact) mass is 760 g/mol. The zero-order chi connectivity index (χ0) is 40.6. The van der Waals surface area contributed by atoms with Gasteiger partial charge >= 0.3 is 11.9 Å². The smallest absolute Gasteiger partial charge is 0.306 e. The fourth-order valence-electron chi connectivity index (χ4n) is 5.08. The second-order valence-electron chi connectivity index (χ2n) is 14.6. The molecule has 0 spiro atoms. The molecule has 0 radical (unpaired) electrons. The minimum atomic E-state index is -1.70.